The van der Waals surface area contributed by atoms with Crippen LogP contribution in [0.3, 0.4) is 0 Å². The fraction of sp³-hybridized carbons (Fsp3) is 0.529. The van der Waals surface area contributed by atoms with E-state index in [1.165, 1.54) is 5.56 Å². The number of hydrogen-bond acceptors (Lipinski definition) is 0. The Kier molecular flexibility index (Phi) is 19.3. The molecule has 0 amide bonds. The monoisotopic (exact) mass is 251 g/mol. The number of rotatable bonds is 2. The first kappa shape index (κ1) is 22.0. The molecule has 0 spiro atoms. The van der Waals surface area contributed by atoms with E-state index in [9.17, 15) is 0 Å². The van der Waals surface area contributed by atoms with Gasteiger partial charge in [0.05, 0.1) is 0 Å². The highest BCUT2D eigenvalue weighted by molar-refractivity contribution is 5.49. The Bertz CT molecular complexity index is 382. The lowest BCUT2D eigenvalue weighted by Gasteiger charge is -1.85. The van der Waals surface area contributed by atoms with Crippen LogP contribution in [0.5, 0.6) is 0 Å². The first-order chi connectivity index (χ1) is 8.70. The summed E-state index contributed by atoms with van der Waals surface area (Å²) in [7, 11) is 0. The molecule has 0 atom stereocenters. The average Bonchev–Trinajstić information content (AvgIpc) is 2.74. The zero-order chi connectivity index (χ0) is 15.1. The van der Waals surface area contributed by atoms with E-state index in [0.29, 0.717) is 0 Å². The largest absolute Gasteiger partial charge is 0.355 e. The number of nitrogens with one attached hydrogen (secondary N) is 1. The van der Waals surface area contributed by atoms with E-state index in [1.54, 1.807) is 0 Å². The van der Waals surface area contributed by atoms with Crippen molar-refractivity contribution in [3.63, 3.8) is 0 Å². The first-order valence-electron chi connectivity index (χ1n) is 7.20. The van der Waals surface area contributed by atoms with Gasteiger partial charge in [0.25, 0.3) is 0 Å². The summed E-state index contributed by atoms with van der Waals surface area (Å²) >= 11 is 0. The number of aromatic amines is 1. The molecule has 0 unspecified atom stereocenters. The summed E-state index contributed by atoms with van der Waals surface area (Å²) in [5, 5.41) is 2.22. The van der Waals surface area contributed by atoms with Crippen LogP contribution < -0.4 is 10.6 Å². The molecule has 0 bridgehead atoms. The van der Waals surface area contributed by atoms with E-state index in [0.717, 1.165) is 22.7 Å². The third kappa shape index (κ3) is 7.16. The summed E-state index contributed by atoms with van der Waals surface area (Å²) in [4.78, 5) is 3.26. The van der Waals surface area contributed by atoms with Crippen LogP contribution in [0.15, 0.2) is 6.58 Å². The van der Waals surface area contributed by atoms with E-state index in [4.69, 9.17) is 0 Å². The van der Waals surface area contributed by atoms with Crippen molar-refractivity contribution < 1.29 is 0 Å². The highest BCUT2D eigenvalue weighted by Crippen LogP contribution is 1.96. The summed E-state index contributed by atoms with van der Waals surface area (Å²) in [6.07, 6.45) is 5.00. The van der Waals surface area contributed by atoms with Crippen molar-refractivity contribution in [3.8, 4) is 0 Å². The predicted octanol–water partition coefficient (Wildman–Crippen LogP) is 4.65. The van der Waals surface area contributed by atoms with Crippen LogP contribution in [0.2, 0.25) is 0 Å². The van der Waals surface area contributed by atoms with Gasteiger partial charge in [-0.3, -0.25) is 0 Å². The van der Waals surface area contributed by atoms with Crippen LogP contribution in [0.4, 0.5) is 0 Å². The van der Waals surface area contributed by atoms with Gasteiger partial charge >= 0.3 is 0 Å². The molecule has 18 heavy (non-hydrogen) atoms. The van der Waals surface area contributed by atoms with Crippen LogP contribution >= 0.6 is 0 Å². The molecule has 106 valence electrons. The quantitative estimate of drug-likeness (QED) is 0.788. The van der Waals surface area contributed by atoms with Gasteiger partial charge in [0, 0.05) is 11.0 Å². The van der Waals surface area contributed by atoms with Crippen molar-refractivity contribution in [2.45, 2.75) is 61.8 Å². The van der Waals surface area contributed by atoms with Gasteiger partial charge in [-0.05, 0) is 30.2 Å². The fourth-order valence-corrected chi connectivity index (χ4v) is 1.26. The summed E-state index contributed by atoms with van der Waals surface area (Å²) in [5.74, 6) is 0. The molecule has 1 aromatic rings. The van der Waals surface area contributed by atoms with Crippen LogP contribution in [0, 0.1) is 6.92 Å². The van der Waals surface area contributed by atoms with Gasteiger partial charge in [-0.1, -0.05) is 67.7 Å². The van der Waals surface area contributed by atoms with Gasteiger partial charge in [-0.15, -0.1) is 0 Å². The lowest BCUT2D eigenvalue weighted by atomic mass is 10.2. The number of H-pyrrole nitrogens is 1. The number of aromatic nitrogens is 1. The van der Waals surface area contributed by atoms with Crippen molar-refractivity contribution in [1.82, 2.24) is 4.98 Å². The topological polar surface area (TPSA) is 15.8 Å². The van der Waals surface area contributed by atoms with Crippen molar-refractivity contribution in [2.75, 3.05) is 0 Å². The van der Waals surface area contributed by atoms with Gasteiger partial charge in [-0.25, -0.2) is 0 Å². The fourth-order valence-electron chi connectivity index (χ4n) is 1.26. The molecule has 0 aliphatic rings. The molecule has 0 aromatic carbocycles. The molecule has 1 nitrogen and oxygen atoms in total. The first-order valence-corrected chi connectivity index (χ1v) is 7.20. The van der Waals surface area contributed by atoms with Crippen LogP contribution in [-0.4, -0.2) is 4.98 Å². The maximum absolute atomic E-state index is 4.00. The summed E-state index contributed by atoms with van der Waals surface area (Å²) in [6.45, 7) is 23.9. The SMILES string of the molecule is C=Cc1[nH]/c(=C/CC)c(=C)c1C.CC.CC.CC. The molecule has 1 heterocycles. The van der Waals surface area contributed by atoms with E-state index < -0.39 is 0 Å². The Labute approximate surface area is 114 Å². The minimum absolute atomic E-state index is 1.03. The van der Waals surface area contributed by atoms with Crippen molar-refractivity contribution in [2.24, 2.45) is 0 Å². The summed E-state index contributed by atoms with van der Waals surface area (Å²) < 4.78 is 0. The summed E-state index contributed by atoms with van der Waals surface area (Å²) in [6, 6.07) is 0. The molecule has 1 heteroatoms. The molecule has 0 saturated carbocycles. The third-order valence-electron chi connectivity index (χ3n) is 2.06. The normalized spacial score (nSPS) is 9.00. The molecule has 1 N–H and O–H groups in total. The summed E-state index contributed by atoms with van der Waals surface area (Å²) in [5.41, 5.74) is 2.28. The molecule has 0 fully saturated rings. The maximum atomic E-state index is 4.00. The Hall–Kier alpha value is -1.24. The Balaban J connectivity index is -0.000000328. The van der Waals surface area contributed by atoms with Gasteiger partial charge in [0.2, 0.25) is 0 Å². The smallest absolute Gasteiger partial charge is 0.0414 e. The zero-order valence-corrected chi connectivity index (χ0v) is 13.8. The number of hydrogen-bond donors (Lipinski definition) is 1. The van der Waals surface area contributed by atoms with E-state index in [1.807, 2.05) is 47.6 Å². The Morgan fingerprint density at radius 3 is 1.78 bits per heavy atom. The van der Waals surface area contributed by atoms with Crippen molar-refractivity contribution in [3.05, 3.63) is 28.4 Å². The second kappa shape index (κ2) is 15.8. The highest BCUT2D eigenvalue weighted by Gasteiger charge is 1.97. The lowest BCUT2D eigenvalue weighted by molar-refractivity contribution is 1.23. The standard InChI is InChI=1S/C11H15N.3C2H6/c1-5-7-11-9(4)8(3)10(6-2)12-11;3*1-2/h6-7,12H,2,4-5H2,1,3H3;3*1-2H3/b11-7+;;;. The minimum Gasteiger partial charge on any atom is -0.355 e. The second-order valence-corrected chi connectivity index (χ2v) is 2.87. The molecule has 0 aliphatic heterocycles. The van der Waals surface area contributed by atoms with Gasteiger partial charge in [0.15, 0.2) is 0 Å². The van der Waals surface area contributed by atoms with Crippen LogP contribution in [0.1, 0.15) is 66.1 Å². The van der Waals surface area contributed by atoms with E-state index in [-0.39, 0.29) is 0 Å². The van der Waals surface area contributed by atoms with Crippen molar-refractivity contribution in [1.29, 1.82) is 0 Å². The molecule has 1 aromatic heterocycles. The molecular formula is C17H33N. The Morgan fingerprint density at radius 2 is 1.50 bits per heavy atom. The Morgan fingerprint density at radius 1 is 1.06 bits per heavy atom. The molecular weight excluding hydrogens is 218 g/mol. The maximum Gasteiger partial charge on any atom is 0.0414 e. The van der Waals surface area contributed by atoms with Gasteiger partial charge < -0.3 is 4.98 Å². The average molecular weight is 251 g/mol. The lowest BCUT2D eigenvalue weighted by Crippen LogP contribution is -2.21. The van der Waals surface area contributed by atoms with Gasteiger partial charge in [-0.2, -0.15) is 0 Å². The minimum atomic E-state index is 1.03. The highest BCUT2D eigenvalue weighted by atomic mass is 14.7. The predicted molar refractivity (Wildman–Crippen MR) is 89.2 cm³/mol. The second-order valence-electron chi connectivity index (χ2n) is 2.87. The van der Waals surface area contributed by atoms with Crippen LogP contribution in [0.25, 0.3) is 18.7 Å². The molecule has 1 rings (SSSR count). The molecule has 0 aliphatic carbocycles. The van der Waals surface area contributed by atoms with E-state index in [2.05, 4.69) is 38.1 Å². The van der Waals surface area contributed by atoms with Crippen LogP contribution in [-0.2, 0) is 0 Å². The molecule has 0 saturated heterocycles. The molecule has 0 radical (unpaired) electrons. The third-order valence-corrected chi connectivity index (χ3v) is 2.06. The van der Waals surface area contributed by atoms with Gasteiger partial charge in [0.1, 0.15) is 0 Å². The zero-order valence-electron chi connectivity index (χ0n) is 13.8. The van der Waals surface area contributed by atoms with E-state index >= 15 is 0 Å². The van der Waals surface area contributed by atoms with Crippen molar-refractivity contribution >= 4 is 18.7 Å².